The highest BCUT2D eigenvalue weighted by Crippen LogP contribution is 2.23. The van der Waals surface area contributed by atoms with Crippen LogP contribution in [0, 0.1) is 6.92 Å². The molecule has 5 heteroatoms. The number of thiophene rings is 1. The van der Waals surface area contributed by atoms with Gasteiger partial charge in [-0.3, -0.25) is 9.78 Å². The Bertz CT molecular complexity index is 524. The SMILES string of the molecule is Cc1ncccc1NC(=O)c1ccc(Br)s1. The van der Waals surface area contributed by atoms with E-state index in [1.807, 2.05) is 19.1 Å². The third kappa shape index (κ3) is 2.48. The third-order valence-electron chi connectivity index (χ3n) is 2.05. The minimum Gasteiger partial charge on any atom is -0.320 e. The zero-order valence-corrected chi connectivity index (χ0v) is 10.9. The smallest absolute Gasteiger partial charge is 0.265 e. The van der Waals surface area contributed by atoms with Crippen molar-refractivity contribution in [2.75, 3.05) is 5.32 Å². The largest absolute Gasteiger partial charge is 0.320 e. The molecule has 0 aliphatic heterocycles. The van der Waals surface area contributed by atoms with Gasteiger partial charge in [-0.15, -0.1) is 11.3 Å². The Kier molecular flexibility index (Phi) is 3.36. The molecular weight excluding hydrogens is 288 g/mol. The molecule has 2 rings (SSSR count). The molecule has 0 atom stereocenters. The summed E-state index contributed by atoms with van der Waals surface area (Å²) >= 11 is 4.73. The molecule has 2 heterocycles. The first-order chi connectivity index (χ1) is 7.66. The van der Waals surface area contributed by atoms with Gasteiger partial charge in [-0.05, 0) is 47.1 Å². The summed E-state index contributed by atoms with van der Waals surface area (Å²) in [5.41, 5.74) is 1.56. The molecule has 0 aromatic carbocycles. The molecule has 0 spiro atoms. The highest BCUT2D eigenvalue weighted by molar-refractivity contribution is 9.11. The first-order valence-electron chi connectivity index (χ1n) is 4.65. The van der Waals surface area contributed by atoms with Crippen molar-refractivity contribution in [1.29, 1.82) is 0 Å². The zero-order chi connectivity index (χ0) is 11.5. The van der Waals surface area contributed by atoms with E-state index in [1.54, 1.807) is 18.3 Å². The van der Waals surface area contributed by atoms with Crippen LogP contribution in [0.5, 0.6) is 0 Å². The number of hydrogen-bond acceptors (Lipinski definition) is 3. The Morgan fingerprint density at radius 3 is 2.88 bits per heavy atom. The second kappa shape index (κ2) is 4.76. The minimum absolute atomic E-state index is 0.105. The van der Waals surface area contributed by atoms with Crippen LogP contribution in [0.4, 0.5) is 5.69 Å². The van der Waals surface area contributed by atoms with E-state index < -0.39 is 0 Å². The van der Waals surface area contributed by atoms with E-state index in [0.717, 1.165) is 15.2 Å². The van der Waals surface area contributed by atoms with Gasteiger partial charge in [-0.25, -0.2) is 0 Å². The lowest BCUT2D eigenvalue weighted by molar-refractivity contribution is 0.103. The average molecular weight is 297 g/mol. The van der Waals surface area contributed by atoms with Crippen molar-refractivity contribution in [3.63, 3.8) is 0 Å². The number of nitrogens with zero attached hydrogens (tertiary/aromatic N) is 1. The van der Waals surface area contributed by atoms with Gasteiger partial charge in [0.05, 0.1) is 20.0 Å². The monoisotopic (exact) mass is 296 g/mol. The Balaban J connectivity index is 2.17. The van der Waals surface area contributed by atoms with E-state index in [1.165, 1.54) is 11.3 Å². The number of carbonyl (C=O) groups is 1. The summed E-state index contributed by atoms with van der Waals surface area (Å²) in [5.74, 6) is -0.105. The number of amides is 1. The minimum atomic E-state index is -0.105. The van der Waals surface area contributed by atoms with Gasteiger partial charge in [0.15, 0.2) is 0 Å². The fourth-order valence-corrected chi connectivity index (χ4v) is 2.52. The standard InChI is InChI=1S/C11H9BrN2OS/c1-7-8(3-2-6-13-7)14-11(15)9-4-5-10(12)16-9/h2-6H,1H3,(H,14,15). The molecule has 0 aliphatic rings. The highest BCUT2D eigenvalue weighted by Gasteiger charge is 2.09. The summed E-state index contributed by atoms with van der Waals surface area (Å²) < 4.78 is 0.945. The second-order valence-corrected chi connectivity index (χ2v) is 5.66. The van der Waals surface area contributed by atoms with Crippen molar-refractivity contribution in [3.05, 3.63) is 44.8 Å². The zero-order valence-electron chi connectivity index (χ0n) is 8.53. The average Bonchev–Trinajstić information content (AvgIpc) is 2.68. The van der Waals surface area contributed by atoms with Crippen molar-refractivity contribution >= 4 is 38.9 Å². The Hall–Kier alpha value is -1.20. The van der Waals surface area contributed by atoms with Crippen molar-refractivity contribution in [3.8, 4) is 0 Å². The van der Waals surface area contributed by atoms with Crippen LogP contribution in [-0.4, -0.2) is 10.9 Å². The second-order valence-electron chi connectivity index (χ2n) is 3.19. The van der Waals surface area contributed by atoms with Crippen LogP contribution in [0.2, 0.25) is 0 Å². The van der Waals surface area contributed by atoms with Gasteiger partial charge in [0, 0.05) is 6.20 Å². The first-order valence-corrected chi connectivity index (χ1v) is 6.26. The number of carbonyl (C=O) groups excluding carboxylic acids is 1. The fourth-order valence-electron chi connectivity index (χ4n) is 1.24. The molecular formula is C11H9BrN2OS. The molecule has 2 aromatic rings. The number of aryl methyl sites for hydroxylation is 1. The molecule has 1 N–H and O–H groups in total. The van der Waals surface area contributed by atoms with Crippen LogP contribution in [0.1, 0.15) is 15.4 Å². The van der Waals surface area contributed by atoms with Crippen LogP contribution in [-0.2, 0) is 0 Å². The van der Waals surface area contributed by atoms with Crippen molar-refractivity contribution < 1.29 is 4.79 Å². The summed E-state index contributed by atoms with van der Waals surface area (Å²) in [6.07, 6.45) is 1.70. The molecule has 0 saturated carbocycles. The molecule has 0 radical (unpaired) electrons. The van der Waals surface area contributed by atoms with E-state index in [-0.39, 0.29) is 5.91 Å². The molecule has 0 bridgehead atoms. The van der Waals surface area contributed by atoms with Crippen molar-refractivity contribution in [2.24, 2.45) is 0 Å². The number of rotatable bonds is 2. The molecule has 0 unspecified atom stereocenters. The molecule has 0 aliphatic carbocycles. The summed E-state index contributed by atoms with van der Waals surface area (Å²) in [6, 6.07) is 7.28. The van der Waals surface area contributed by atoms with Crippen LogP contribution in [0.15, 0.2) is 34.2 Å². The van der Waals surface area contributed by atoms with Crippen LogP contribution in [0.3, 0.4) is 0 Å². The predicted molar refractivity (Wildman–Crippen MR) is 68.9 cm³/mol. The molecule has 3 nitrogen and oxygen atoms in total. The van der Waals surface area contributed by atoms with E-state index in [2.05, 4.69) is 26.2 Å². The maximum absolute atomic E-state index is 11.8. The van der Waals surface area contributed by atoms with Crippen LogP contribution < -0.4 is 5.32 Å². The van der Waals surface area contributed by atoms with E-state index in [4.69, 9.17) is 0 Å². The maximum Gasteiger partial charge on any atom is 0.265 e. The number of halogens is 1. The lowest BCUT2D eigenvalue weighted by Gasteiger charge is -2.05. The van der Waals surface area contributed by atoms with E-state index in [9.17, 15) is 4.79 Å². The topological polar surface area (TPSA) is 42.0 Å². The van der Waals surface area contributed by atoms with Crippen LogP contribution >= 0.6 is 27.3 Å². The van der Waals surface area contributed by atoms with Crippen LogP contribution in [0.25, 0.3) is 0 Å². The molecule has 0 fully saturated rings. The van der Waals surface area contributed by atoms with Crippen molar-refractivity contribution in [1.82, 2.24) is 4.98 Å². The van der Waals surface area contributed by atoms with Gasteiger partial charge in [0.25, 0.3) is 5.91 Å². The van der Waals surface area contributed by atoms with Crippen molar-refractivity contribution in [2.45, 2.75) is 6.92 Å². The van der Waals surface area contributed by atoms with Gasteiger partial charge < -0.3 is 5.32 Å². The summed E-state index contributed by atoms with van der Waals surface area (Å²) in [5, 5.41) is 2.83. The molecule has 0 saturated heterocycles. The molecule has 16 heavy (non-hydrogen) atoms. The number of pyridine rings is 1. The summed E-state index contributed by atoms with van der Waals surface area (Å²) in [6.45, 7) is 1.86. The normalized spacial score (nSPS) is 10.1. The van der Waals surface area contributed by atoms with Gasteiger partial charge >= 0.3 is 0 Å². The Labute approximate surface area is 106 Å². The number of nitrogens with one attached hydrogen (secondary N) is 1. The predicted octanol–water partition coefficient (Wildman–Crippen LogP) is 3.47. The molecule has 82 valence electrons. The van der Waals surface area contributed by atoms with Gasteiger partial charge in [0.1, 0.15) is 0 Å². The van der Waals surface area contributed by atoms with Gasteiger partial charge in [0.2, 0.25) is 0 Å². The lowest BCUT2D eigenvalue weighted by atomic mass is 10.3. The van der Waals surface area contributed by atoms with E-state index in [0.29, 0.717) is 4.88 Å². The number of aromatic nitrogens is 1. The highest BCUT2D eigenvalue weighted by atomic mass is 79.9. The first kappa shape index (κ1) is 11.3. The number of anilines is 1. The van der Waals surface area contributed by atoms with Gasteiger partial charge in [-0.2, -0.15) is 0 Å². The Morgan fingerprint density at radius 2 is 2.25 bits per heavy atom. The molecule has 1 amide bonds. The number of hydrogen-bond donors (Lipinski definition) is 1. The lowest BCUT2D eigenvalue weighted by Crippen LogP contribution is -2.11. The van der Waals surface area contributed by atoms with Gasteiger partial charge in [-0.1, -0.05) is 0 Å². The summed E-state index contributed by atoms with van der Waals surface area (Å²) in [7, 11) is 0. The Morgan fingerprint density at radius 1 is 1.44 bits per heavy atom. The third-order valence-corrected chi connectivity index (χ3v) is 3.67. The maximum atomic E-state index is 11.8. The van der Waals surface area contributed by atoms with E-state index >= 15 is 0 Å². The fraction of sp³-hybridized carbons (Fsp3) is 0.0909. The summed E-state index contributed by atoms with van der Waals surface area (Å²) in [4.78, 5) is 16.6. The quantitative estimate of drug-likeness (QED) is 0.922. The molecule has 2 aromatic heterocycles.